The monoisotopic (exact) mass is 489 g/mol. The number of hydrogen-bond acceptors (Lipinski definition) is 9. The second-order valence-electron chi connectivity index (χ2n) is 7.87. The third kappa shape index (κ3) is 5.81. The number of amides is 3. The van der Waals surface area contributed by atoms with Crippen LogP contribution in [0.4, 0.5) is 5.69 Å². The molecular weight excluding hydrogens is 462 g/mol. The van der Waals surface area contributed by atoms with Gasteiger partial charge in [-0.05, 0) is 38.3 Å². The first-order valence-electron chi connectivity index (χ1n) is 11.2. The predicted octanol–water partition coefficient (Wildman–Crippen LogP) is 1.91. The number of ether oxygens (including phenoxy) is 3. The van der Waals surface area contributed by atoms with Crippen LogP contribution in [0.15, 0.2) is 18.2 Å². The predicted molar refractivity (Wildman–Crippen MR) is 123 cm³/mol. The van der Waals surface area contributed by atoms with Crippen molar-refractivity contribution in [2.75, 3.05) is 45.0 Å². The Labute approximate surface area is 200 Å². The van der Waals surface area contributed by atoms with Gasteiger partial charge in [-0.15, -0.1) is 10.2 Å². The highest BCUT2D eigenvalue weighted by atomic mass is 32.1. The van der Waals surface area contributed by atoms with Gasteiger partial charge in [0.1, 0.15) is 0 Å². The Kier molecular flexibility index (Phi) is 7.91. The number of nitrogens with zero attached hydrogens (tertiary/aromatic N) is 3. The van der Waals surface area contributed by atoms with E-state index in [1.807, 2.05) is 6.92 Å². The smallest absolute Gasteiger partial charge is 0.286 e. The lowest BCUT2D eigenvalue weighted by Crippen LogP contribution is -2.45. The standard InChI is InChI=1S/C22H27N5O6S/c1-2-31-10-4-8-23-18(28)14-5-3-9-27(12-14)22(30)21-26-25-20(34-21)19(29)24-15-6-7-16-17(11-15)33-13-32-16/h6-7,11,14H,2-5,8-10,12-13H2,1H3,(H,23,28)(H,24,29)/t14-/m0/s1. The second-order valence-corrected chi connectivity index (χ2v) is 8.84. The quantitative estimate of drug-likeness (QED) is 0.511. The van der Waals surface area contributed by atoms with Crippen LogP contribution in [0, 0.1) is 5.92 Å². The number of hydrogen-bond donors (Lipinski definition) is 2. The average Bonchev–Trinajstić information content (AvgIpc) is 3.53. The zero-order valence-electron chi connectivity index (χ0n) is 18.9. The maximum absolute atomic E-state index is 12.9. The molecule has 1 saturated heterocycles. The fourth-order valence-corrected chi connectivity index (χ4v) is 4.45. The first-order chi connectivity index (χ1) is 16.5. The van der Waals surface area contributed by atoms with E-state index in [1.54, 1.807) is 23.1 Å². The lowest BCUT2D eigenvalue weighted by atomic mass is 9.97. The molecule has 4 rings (SSSR count). The van der Waals surface area contributed by atoms with E-state index in [0.29, 0.717) is 50.0 Å². The zero-order valence-corrected chi connectivity index (χ0v) is 19.7. The van der Waals surface area contributed by atoms with E-state index in [-0.39, 0.29) is 34.5 Å². The molecule has 0 spiro atoms. The molecule has 11 nitrogen and oxygen atoms in total. The average molecular weight is 490 g/mol. The molecule has 0 bridgehead atoms. The first kappa shape index (κ1) is 23.9. The summed E-state index contributed by atoms with van der Waals surface area (Å²) in [4.78, 5) is 39.6. The molecule has 1 atom stereocenters. The van der Waals surface area contributed by atoms with Crippen LogP contribution in [-0.2, 0) is 9.53 Å². The van der Waals surface area contributed by atoms with E-state index >= 15 is 0 Å². The van der Waals surface area contributed by atoms with Crippen molar-refractivity contribution in [1.29, 1.82) is 0 Å². The van der Waals surface area contributed by atoms with E-state index < -0.39 is 5.91 Å². The Hall–Kier alpha value is -3.25. The lowest BCUT2D eigenvalue weighted by Gasteiger charge is -2.31. The Balaban J connectivity index is 1.30. The van der Waals surface area contributed by atoms with E-state index in [9.17, 15) is 14.4 Å². The van der Waals surface area contributed by atoms with Crippen LogP contribution in [0.3, 0.4) is 0 Å². The van der Waals surface area contributed by atoms with E-state index in [4.69, 9.17) is 14.2 Å². The molecule has 0 radical (unpaired) electrons. The van der Waals surface area contributed by atoms with E-state index in [2.05, 4.69) is 20.8 Å². The topological polar surface area (TPSA) is 132 Å². The summed E-state index contributed by atoms with van der Waals surface area (Å²) < 4.78 is 15.8. The molecule has 12 heteroatoms. The van der Waals surface area contributed by atoms with Crippen LogP contribution >= 0.6 is 11.3 Å². The molecule has 3 amide bonds. The van der Waals surface area contributed by atoms with Crippen LogP contribution in [0.1, 0.15) is 45.8 Å². The first-order valence-corrected chi connectivity index (χ1v) is 12.1. The van der Waals surface area contributed by atoms with Gasteiger partial charge in [-0.3, -0.25) is 14.4 Å². The molecule has 2 aliphatic heterocycles. The molecule has 2 aliphatic rings. The molecule has 1 aromatic carbocycles. The third-order valence-electron chi connectivity index (χ3n) is 5.48. The van der Waals surface area contributed by atoms with Gasteiger partial charge in [0, 0.05) is 44.6 Å². The van der Waals surface area contributed by atoms with Crippen molar-refractivity contribution in [3.05, 3.63) is 28.2 Å². The lowest BCUT2D eigenvalue weighted by molar-refractivity contribution is -0.126. The Morgan fingerprint density at radius 1 is 1.21 bits per heavy atom. The minimum Gasteiger partial charge on any atom is -0.454 e. The Morgan fingerprint density at radius 2 is 2.03 bits per heavy atom. The summed E-state index contributed by atoms with van der Waals surface area (Å²) in [5.41, 5.74) is 0.517. The highest BCUT2D eigenvalue weighted by molar-refractivity contribution is 7.15. The van der Waals surface area contributed by atoms with E-state index in [0.717, 1.165) is 30.6 Å². The SMILES string of the molecule is CCOCCCNC(=O)[C@H]1CCCN(C(=O)c2nnc(C(=O)Nc3ccc4c(c3)OCO4)s2)C1. The van der Waals surface area contributed by atoms with Crippen LogP contribution in [0.25, 0.3) is 0 Å². The van der Waals surface area contributed by atoms with Gasteiger partial charge >= 0.3 is 0 Å². The number of nitrogens with one attached hydrogen (secondary N) is 2. The number of aromatic nitrogens is 2. The second kappa shape index (κ2) is 11.3. The van der Waals surface area contributed by atoms with Gasteiger partial charge in [0.25, 0.3) is 11.8 Å². The Morgan fingerprint density at radius 3 is 2.88 bits per heavy atom. The molecule has 1 aromatic heterocycles. The molecule has 2 aromatic rings. The van der Waals surface area contributed by atoms with Gasteiger partial charge < -0.3 is 29.7 Å². The summed E-state index contributed by atoms with van der Waals surface area (Å²) >= 11 is 0.923. The van der Waals surface area contributed by atoms with Crippen LogP contribution in [0.2, 0.25) is 0 Å². The number of piperidine rings is 1. The molecular formula is C22H27N5O6S. The number of benzene rings is 1. The highest BCUT2D eigenvalue weighted by Gasteiger charge is 2.31. The molecule has 0 saturated carbocycles. The summed E-state index contributed by atoms with van der Waals surface area (Å²) in [6, 6.07) is 5.05. The number of likely N-dealkylation sites (tertiary alicyclic amines) is 1. The van der Waals surface area contributed by atoms with Crippen molar-refractivity contribution in [2.24, 2.45) is 5.92 Å². The maximum Gasteiger partial charge on any atom is 0.286 e. The summed E-state index contributed by atoms with van der Waals surface area (Å²) in [6.07, 6.45) is 2.19. The van der Waals surface area contributed by atoms with Gasteiger partial charge in [-0.2, -0.15) is 0 Å². The molecule has 182 valence electrons. The normalized spacial score (nSPS) is 16.9. The molecule has 1 fully saturated rings. The summed E-state index contributed by atoms with van der Waals surface area (Å²) in [6.45, 7) is 4.72. The molecule has 3 heterocycles. The molecule has 34 heavy (non-hydrogen) atoms. The van der Waals surface area contributed by atoms with Crippen molar-refractivity contribution < 1.29 is 28.6 Å². The van der Waals surface area contributed by atoms with Crippen LogP contribution < -0.4 is 20.1 Å². The largest absolute Gasteiger partial charge is 0.454 e. The summed E-state index contributed by atoms with van der Waals surface area (Å²) in [5, 5.41) is 13.6. The maximum atomic E-state index is 12.9. The minimum absolute atomic E-state index is 0.0601. The highest BCUT2D eigenvalue weighted by Crippen LogP contribution is 2.34. The van der Waals surface area contributed by atoms with Crippen LogP contribution in [0.5, 0.6) is 11.5 Å². The number of fused-ring (bicyclic) bond motifs is 1. The van der Waals surface area contributed by atoms with Crippen molar-refractivity contribution >= 4 is 34.7 Å². The van der Waals surface area contributed by atoms with Gasteiger partial charge in [-0.1, -0.05) is 11.3 Å². The van der Waals surface area contributed by atoms with Crippen molar-refractivity contribution in [3.8, 4) is 11.5 Å². The van der Waals surface area contributed by atoms with Crippen LogP contribution in [-0.4, -0.2) is 72.5 Å². The van der Waals surface area contributed by atoms with Gasteiger partial charge in [0.15, 0.2) is 11.5 Å². The van der Waals surface area contributed by atoms with Gasteiger partial charge in [0.2, 0.25) is 22.7 Å². The number of anilines is 1. The Bertz CT molecular complexity index is 1040. The fourth-order valence-electron chi connectivity index (χ4n) is 3.75. The molecule has 0 aliphatic carbocycles. The fraction of sp³-hybridized carbons (Fsp3) is 0.500. The summed E-state index contributed by atoms with van der Waals surface area (Å²) in [5.74, 6) is 0.0260. The minimum atomic E-state index is -0.474. The van der Waals surface area contributed by atoms with Crippen molar-refractivity contribution in [1.82, 2.24) is 20.4 Å². The van der Waals surface area contributed by atoms with Crippen molar-refractivity contribution in [3.63, 3.8) is 0 Å². The van der Waals surface area contributed by atoms with Gasteiger partial charge in [0.05, 0.1) is 5.92 Å². The summed E-state index contributed by atoms with van der Waals surface area (Å²) in [7, 11) is 0. The van der Waals surface area contributed by atoms with E-state index in [1.165, 1.54) is 0 Å². The van der Waals surface area contributed by atoms with Crippen molar-refractivity contribution in [2.45, 2.75) is 26.2 Å². The van der Waals surface area contributed by atoms with Gasteiger partial charge in [-0.25, -0.2) is 0 Å². The number of carbonyl (C=O) groups is 3. The number of carbonyl (C=O) groups excluding carboxylic acids is 3. The number of rotatable bonds is 9. The molecule has 2 N–H and O–H groups in total. The third-order valence-corrected chi connectivity index (χ3v) is 6.39. The zero-order chi connectivity index (χ0) is 23.9. The molecule has 0 unspecified atom stereocenters.